The van der Waals surface area contributed by atoms with Gasteiger partial charge in [-0.05, 0) is 31.8 Å². The van der Waals surface area contributed by atoms with Crippen LogP contribution in [0.5, 0.6) is 5.75 Å². The maximum absolute atomic E-state index is 6.16. The van der Waals surface area contributed by atoms with Crippen LogP contribution in [0.3, 0.4) is 0 Å². The van der Waals surface area contributed by atoms with Gasteiger partial charge in [-0.1, -0.05) is 41.9 Å². The van der Waals surface area contributed by atoms with Gasteiger partial charge in [-0.3, -0.25) is 0 Å². The second kappa shape index (κ2) is 7.91. The number of rotatable bonds is 7. The van der Waals surface area contributed by atoms with Gasteiger partial charge in [0.15, 0.2) is 0 Å². The summed E-state index contributed by atoms with van der Waals surface area (Å²) in [5, 5.41) is 4.02. The molecule has 21 heavy (non-hydrogen) atoms. The lowest BCUT2D eigenvalue weighted by atomic mass is 10.2. The largest absolute Gasteiger partial charge is 0.491 e. The summed E-state index contributed by atoms with van der Waals surface area (Å²) < 4.78 is 5.73. The molecule has 0 atom stereocenters. The van der Waals surface area contributed by atoms with Crippen molar-refractivity contribution in [3.63, 3.8) is 0 Å². The SMILES string of the molecule is CN(C)CCOc1cc(NCc2ccccc2)ccc1Cl. The first-order chi connectivity index (χ1) is 10.1. The monoisotopic (exact) mass is 304 g/mol. The average molecular weight is 305 g/mol. The van der Waals surface area contributed by atoms with Crippen LogP contribution in [-0.2, 0) is 6.54 Å². The number of hydrogen-bond acceptors (Lipinski definition) is 3. The number of nitrogens with zero attached hydrogens (tertiary/aromatic N) is 1. The zero-order valence-electron chi connectivity index (χ0n) is 12.5. The molecule has 2 aromatic carbocycles. The van der Waals surface area contributed by atoms with E-state index >= 15 is 0 Å². The molecule has 0 bridgehead atoms. The van der Waals surface area contributed by atoms with Crippen molar-refractivity contribution >= 4 is 17.3 Å². The maximum atomic E-state index is 6.16. The van der Waals surface area contributed by atoms with Gasteiger partial charge in [0.1, 0.15) is 12.4 Å². The highest BCUT2D eigenvalue weighted by Gasteiger charge is 2.04. The molecular formula is C17H21ClN2O. The van der Waals surface area contributed by atoms with Crippen LogP contribution in [0.2, 0.25) is 5.02 Å². The van der Waals surface area contributed by atoms with E-state index in [1.807, 2.05) is 50.5 Å². The van der Waals surface area contributed by atoms with E-state index in [-0.39, 0.29) is 0 Å². The van der Waals surface area contributed by atoms with E-state index in [4.69, 9.17) is 16.3 Å². The highest BCUT2D eigenvalue weighted by atomic mass is 35.5. The summed E-state index contributed by atoms with van der Waals surface area (Å²) in [6.07, 6.45) is 0. The fraction of sp³-hybridized carbons (Fsp3) is 0.294. The highest BCUT2D eigenvalue weighted by molar-refractivity contribution is 6.32. The van der Waals surface area contributed by atoms with Gasteiger partial charge in [-0.2, -0.15) is 0 Å². The summed E-state index contributed by atoms with van der Waals surface area (Å²) in [4.78, 5) is 2.07. The minimum absolute atomic E-state index is 0.620. The van der Waals surface area contributed by atoms with Gasteiger partial charge in [0.05, 0.1) is 5.02 Å². The molecule has 3 nitrogen and oxygen atoms in total. The minimum Gasteiger partial charge on any atom is -0.491 e. The van der Waals surface area contributed by atoms with Crippen LogP contribution in [0.4, 0.5) is 5.69 Å². The molecule has 1 N–H and O–H groups in total. The number of ether oxygens (including phenoxy) is 1. The molecule has 0 spiro atoms. The van der Waals surface area contributed by atoms with Gasteiger partial charge in [0, 0.05) is 24.8 Å². The van der Waals surface area contributed by atoms with Gasteiger partial charge < -0.3 is 15.0 Å². The van der Waals surface area contributed by atoms with Crippen molar-refractivity contribution in [2.45, 2.75) is 6.54 Å². The fourth-order valence-electron chi connectivity index (χ4n) is 1.86. The second-order valence-corrected chi connectivity index (χ2v) is 5.54. The Balaban J connectivity index is 1.94. The van der Waals surface area contributed by atoms with Crippen molar-refractivity contribution in [1.29, 1.82) is 0 Å². The first kappa shape index (κ1) is 15.7. The predicted molar refractivity (Wildman–Crippen MR) is 89.3 cm³/mol. The van der Waals surface area contributed by atoms with Crippen LogP contribution in [0.25, 0.3) is 0 Å². The van der Waals surface area contributed by atoms with E-state index in [1.54, 1.807) is 0 Å². The third-order valence-electron chi connectivity index (χ3n) is 3.07. The van der Waals surface area contributed by atoms with E-state index in [0.717, 1.165) is 24.5 Å². The molecule has 0 heterocycles. The van der Waals surface area contributed by atoms with E-state index in [9.17, 15) is 0 Å². The lowest BCUT2D eigenvalue weighted by Gasteiger charge is -2.13. The Kier molecular flexibility index (Phi) is 5.90. The van der Waals surface area contributed by atoms with E-state index in [2.05, 4.69) is 22.3 Å². The molecule has 2 aromatic rings. The van der Waals surface area contributed by atoms with Gasteiger partial charge >= 0.3 is 0 Å². The normalized spacial score (nSPS) is 10.7. The van der Waals surface area contributed by atoms with Crippen molar-refractivity contribution < 1.29 is 4.74 Å². The molecule has 0 aromatic heterocycles. The predicted octanol–water partition coefficient (Wildman–Crippen LogP) is 3.89. The van der Waals surface area contributed by atoms with E-state index < -0.39 is 0 Å². The van der Waals surface area contributed by atoms with Crippen molar-refractivity contribution in [3.05, 3.63) is 59.1 Å². The second-order valence-electron chi connectivity index (χ2n) is 5.14. The molecule has 0 radical (unpaired) electrons. The van der Waals surface area contributed by atoms with Crippen LogP contribution in [0, 0.1) is 0 Å². The molecule has 0 saturated carbocycles. The number of anilines is 1. The van der Waals surface area contributed by atoms with Crippen molar-refractivity contribution in [2.75, 3.05) is 32.6 Å². The van der Waals surface area contributed by atoms with Gasteiger partial charge in [0.2, 0.25) is 0 Å². The molecule has 0 amide bonds. The number of hydrogen-bond donors (Lipinski definition) is 1. The van der Waals surface area contributed by atoms with Crippen molar-refractivity contribution in [2.24, 2.45) is 0 Å². The van der Waals surface area contributed by atoms with Crippen LogP contribution < -0.4 is 10.1 Å². The summed E-state index contributed by atoms with van der Waals surface area (Å²) in [5.41, 5.74) is 2.24. The summed E-state index contributed by atoms with van der Waals surface area (Å²) >= 11 is 6.16. The quantitative estimate of drug-likeness (QED) is 0.840. The number of halogens is 1. The Morgan fingerprint density at radius 3 is 2.57 bits per heavy atom. The number of likely N-dealkylation sites (N-methyl/N-ethyl adjacent to an activating group) is 1. The van der Waals surface area contributed by atoms with Gasteiger partial charge in [-0.25, -0.2) is 0 Å². The average Bonchev–Trinajstić information content (AvgIpc) is 2.48. The zero-order chi connectivity index (χ0) is 15.1. The van der Waals surface area contributed by atoms with Crippen LogP contribution >= 0.6 is 11.6 Å². The standard InChI is InChI=1S/C17H21ClN2O/c1-20(2)10-11-21-17-12-15(8-9-16(17)18)19-13-14-6-4-3-5-7-14/h3-9,12,19H,10-11,13H2,1-2H3. The maximum Gasteiger partial charge on any atom is 0.140 e. The molecule has 0 fully saturated rings. The van der Waals surface area contributed by atoms with E-state index in [1.165, 1.54) is 5.56 Å². The third-order valence-corrected chi connectivity index (χ3v) is 3.38. The van der Waals surface area contributed by atoms with Gasteiger partial charge in [0.25, 0.3) is 0 Å². The molecule has 0 aliphatic rings. The van der Waals surface area contributed by atoms with Crippen LogP contribution in [-0.4, -0.2) is 32.1 Å². The lowest BCUT2D eigenvalue weighted by molar-refractivity contribution is 0.261. The Bertz CT molecular complexity index is 558. The molecule has 0 aliphatic carbocycles. The Labute approximate surface area is 131 Å². The Hall–Kier alpha value is -1.71. The molecular weight excluding hydrogens is 284 g/mol. The Morgan fingerprint density at radius 2 is 1.86 bits per heavy atom. The van der Waals surface area contributed by atoms with Crippen LogP contribution in [0.15, 0.2) is 48.5 Å². The molecule has 0 saturated heterocycles. The highest BCUT2D eigenvalue weighted by Crippen LogP contribution is 2.28. The van der Waals surface area contributed by atoms with E-state index in [0.29, 0.717) is 11.6 Å². The minimum atomic E-state index is 0.620. The van der Waals surface area contributed by atoms with Crippen LogP contribution in [0.1, 0.15) is 5.56 Å². The molecule has 0 unspecified atom stereocenters. The summed E-state index contributed by atoms with van der Waals surface area (Å²) in [7, 11) is 4.03. The van der Waals surface area contributed by atoms with Crippen molar-refractivity contribution in [1.82, 2.24) is 4.90 Å². The number of nitrogens with one attached hydrogen (secondary N) is 1. The third kappa shape index (κ3) is 5.29. The number of benzene rings is 2. The smallest absolute Gasteiger partial charge is 0.140 e. The molecule has 2 rings (SSSR count). The lowest BCUT2D eigenvalue weighted by Crippen LogP contribution is -2.19. The molecule has 0 aliphatic heterocycles. The Morgan fingerprint density at radius 1 is 1.10 bits per heavy atom. The zero-order valence-corrected chi connectivity index (χ0v) is 13.2. The van der Waals surface area contributed by atoms with Gasteiger partial charge in [-0.15, -0.1) is 0 Å². The summed E-state index contributed by atoms with van der Waals surface area (Å²) in [6.45, 7) is 2.26. The summed E-state index contributed by atoms with van der Waals surface area (Å²) in [6, 6.07) is 16.0. The summed E-state index contributed by atoms with van der Waals surface area (Å²) in [5.74, 6) is 0.719. The molecule has 4 heteroatoms. The molecule has 112 valence electrons. The first-order valence-electron chi connectivity index (χ1n) is 7.00. The van der Waals surface area contributed by atoms with Crippen molar-refractivity contribution in [3.8, 4) is 5.75 Å². The first-order valence-corrected chi connectivity index (χ1v) is 7.38. The topological polar surface area (TPSA) is 24.5 Å². The fourth-order valence-corrected chi connectivity index (χ4v) is 2.03.